The van der Waals surface area contributed by atoms with Crippen LogP contribution < -0.4 is 10.6 Å². The van der Waals surface area contributed by atoms with E-state index in [0.29, 0.717) is 5.89 Å². The standard InChI is InChI=1S/C11H17N3O3S/c1-3-8-4-12-10(17-8)5-13-11(16)9(6-18)14-7(2)15/h4,9,18H,3,5-6H2,1-2H3,(H,13,16)(H,14,15). The van der Waals surface area contributed by atoms with Crippen molar-refractivity contribution in [3.05, 3.63) is 17.8 Å². The van der Waals surface area contributed by atoms with Crippen LogP contribution >= 0.6 is 12.6 Å². The van der Waals surface area contributed by atoms with E-state index in [1.54, 1.807) is 6.20 Å². The van der Waals surface area contributed by atoms with E-state index < -0.39 is 6.04 Å². The first-order valence-electron chi connectivity index (χ1n) is 5.66. The molecule has 0 aliphatic rings. The van der Waals surface area contributed by atoms with E-state index in [2.05, 4.69) is 28.2 Å². The molecule has 0 saturated carbocycles. The number of thiol groups is 1. The first-order valence-corrected chi connectivity index (χ1v) is 6.29. The predicted molar refractivity (Wildman–Crippen MR) is 69.2 cm³/mol. The number of carbonyl (C=O) groups is 2. The smallest absolute Gasteiger partial charge is 0.243 e. The maximum atomic E-state index is 11.7. The highest BCUT2D eigenvalue weighted by Crippen LogP contribution is 2.03. The second-order valence-corrected chi connectivity index (χ2v) is 4.09. The van der Waals surface area contributed by atoms with Crippen molar-refractivity contribution in [2.75, 3.05) is 5.75 Å². The number of amides is 2. The molecule has 0 fully saturated rings. The van der Waals surface area contributed by atoms with Gasteiger partial charge in [-0.2, -0.15) is 12.6 Å². The third kappa shape index (κ3) is 4.40. The van der Waals surface area contributed by atoms with Crippen LogP contribution in [-0.4, -0.2) is 28.6 Å². The van der Waals surface area contributed by atoms with Crippen molar-refractivity contribution in [2.45, 2.75) is 32.9 Å². The van der Waals surface area contributed by atoms with Crippen molar-refractivity contribution >= 4 is 24.4 Å². The van der Waals surface area contributed by atoms with Crippen LogP contribution in [-0.2, 0) is 22.6 Å². The Morgan fingerprint density at radius 2 is 2.28 bits per heavy atom. The number of aromatic nitrogens is 1. The summed E-state index contributed by atoms with van der Waals surface area (Å²) in [6, 6.07) is -0.647. The van der Waals surface area contributed by atoms with Gasteiger partial charge in [-0.3, -0.25) is 9.59 Å². The molecule has 100 valence electrons. The molecule has 0 aliphatic carbocycles. The van der Waals surface area contributed by atoms with Crippen LogP contribution in [0.15, 0.2) is 10.6 Å². The second kappa shape index (κ2) is 7.05. The normalized spacial score (nSPS) is 11.9. The number of nitrogens with one attached hydrogen (secondary N) is 2. The first-order chi connectivity index (χ1) is 8.56. The zero-order valence-electron chi connectivity index (χ0n) is 10.4. The predicted octanol–water partition coefficient (Wildman–Crippen LogP) is 0.288. The molecule has 7 heteroatoms. The van der Waals surface area contributed by atoms with Gasteiger partial charge in [0, 0.05) is 19.1 Å². The molecule has 0 radical (unpaired) electrons. The van der Waals surface area contributed by atoms with Crippen molar-refractivity contribution < 1.29 is 14.0 Å². The summed E-state index contributed by atoms with van der Waals surface area (Å²) < 4.78 is 5.35. The second-order valence-electron chi connectivity index (χ2n) is 3.73. The quantitative estimate of drug-likeness (QED) is 0.649. The number of carbonyl (C=O) groups excluding carboxylic acids is 2. The summed E-state index contributed by atoms with van der Waals surface area (Å²) in [6.45, 7) is 3.50. The highest BCUT2D eigenvalue weighted by Gasteiger charge is 2.17. The average Bonchev–Trinajstić information content (AvgIpc) is 2.80. The number of aryl methyl sites for hydroxylation is 1. The lowest BCUT2D eigenvalue weighted by Gasteiger charge is -2.14. The molecule has 2 amide bonds. The number of hydrogen-bond donors (Lipinski definition) is 3. The molecule has 1 heterocycles. The zero-order chi connectivity index (χ0) is 13.5. The fraction of sp³-hybridized carbons (Fsp3) is 0.545. The van der Waals surface area contributed by atoms with Crippen LogP contribution in [0.2, 0.25) is 0 Å². The molecule has 1 atom stereocenters. The number of oxazole rings is 1. The minimum Gasteiger partial charge on any atom is -0.444 e. The van der Waals surface area contributed by atoms with Crippen molar-refractivity contribution in [3.8, 4) is 0 Å². The molecule has 0 bridgehead atoms. The summed E-state index contributed by atoms with van der Waals surface area (Å²) >= 11 is 4.01. The van der Waals surface area contributed by atoms with Gasteiger partial charge in [-0.05, 0) is 0 Å². The molecule has 0 saturated heterocycles. The molecule has 2 N–H and O–H groups in total. The van der Waals surface area contributed by atoms with E-state index >= 15 is 0 Å². The molecule has 0 aromatic carbocycles. The molecular weight excluding hydrogens is 254 g/mol. The summed E-state index contributed by atoms with van der Waals surface area (Å²) in [5.41, 5.74) is 0. The lowest BCUT2D eigenvalue weighted by atomic mass is 10.3. The zero-order valence-corrected chi connectivity index (χ0v) is 11.3. The van der Waals surface area contributed by atoms with Crippen LogP contribution in [0.1, 0.15) is 25.5 Å². The van der Waals surface area contributed by atoms with Gasteiger partial charge in [0.25, 0.3) is 0 Å². The van der Waals surface area contributed by atoms with Crippen molar-refractivity contribution in [1.82, 2.24) is 15.6 Å². The summed E-state index contributed by atoms with van der Waals surface area (Å²) in [5.74, 6) is 0.870. The summed E-state index contributed by atoms with van der Waals surface area (Å²) in [5, 5.41) is 5.14. The Labute approximate surface area is 111 Å². The van der Waals surface area contributed by atoms with Crippen LogP contribution in [0, 0.1) is 0 Å². The Kier molecular flexibility index (Phi) is 5.70. The average molecular weight is 271 g/mol. The maximum absolute atomic E-state index is 11.7. The van der Waals surface area contributed by atoms with E-state index in [1.807, 2.05) is 6.92 Å². The van der Waals surface area contributed by atoms with E-state index in [1.165, 1.54) is 6.92 Å². The molecule has 1 aromatic rings. The Bertz CT molecular complexity index is 419. The lowest BCUT2D eigenvalue weighted by Crippen LogP contribution is -2.47. The van der Waals surface area contributed by atoms with Crippen molar-refractivity contribution in [3.63, 3.8) is 0 Å². The van der Waals surface area contributed by atoms with Crippen LogP contribution in [0.5, 0.6) is 0 Å². The molecule has 18 heavy (non-hydrogen) atoms. The van der Waals surface area contributed by atoms with Crippen LogP contribution in [0.25, 0.3) is 0 Å². The highest BCUT2D eigenvalue weighted by molar-refractivity contribution is 7.80. The summed E-state index contributed by atoms with van der Waals surface area (Å²) in [6.07, 6.45) is 2.39. The van der Waals surface area contributed by atoms with Gasteiger partial charge >= 0.3 is 0 Å². The van der Waals surface area contributed by atoms with Crippen molar-refractivity contribution in [2.24, 2.45) is 0 Å². The Morgan fingerprint density at radius 3 is 2.78 bits per heavy atom. The van der Waals surface area contributed by atoms with Gasteiger partial charge in [0.2, 0.25) is 17.7 Å². The van der Waals surface area contributed by atoms with E-state index in [0.717, 1.165) is 12.2 Å². The summed E-state index contributed by atoms with van der Waals surface area (Å²) in [4.78, 5) is 26.6. The minimum atomic E-state index is -0.647. The van der Waals surface area contributed by atoms with E-state index in [4.69, 9.17) is 4.42 Å². The fourth-order valence-electron chi connectivity index (χ4n) is 1.32. The highest BCUT2D eigenvalue weighted by atomic mass is 32.1. The molecule has 0 spiro atoms. The Hall–Kier alpha value is -1.50. The maximum Gasteiger partial charge on any atom is 0.243 e. The first kappa shape index (κ1) is 14.6. The molecule has 1 unspecified atom stereocenters. The van der Waals surface area contributed by atoms with Gasteiger partial charge < -0.3 is 15.1 Å². The van der Waals surface area contributed by atoms with Gasteiger partial charge in [0.15, 0.2) is 0 Å². The van der Waals surface area contributed by atoms with E-state index in [9.17, 15) is 9.59 Å². The molecular formula is C11H17N3O3S. The Balaban J connectivity index is 2.46. The topological polar surface area (TPSA) is 84.2 Å². The SMILES string of the molecule is CCc1cnc(CNC(=O)C(CS)NC(C)=O)o1. The van der Waals surface area contributed by atoms with Crippen LogP contribution in [0.4, 0.5) is 0 Å². The third-order valence-corrected chi connectivity index (χ3v) is 2.61. The molecule has 6 nitrogen and oxygen atoms in total. The summed E-state index contributed by atoms with van der Waals surface area (Å²) in [7, 11) is 0. The number of nitrogens with zero attached hydrogens (tertiary/aromatic N) is 1. The van der Waals surface area contributed by atoms with Gasteiger partial charge in [0.05, 0.1) is 12.7 Å². The molecule has 0 aliphatic heterocycles. The minimum absolute atomic E-state index is 0.197. The van der Waals surface area contributed by atoms with Gasteiger partial charge in [-0.15, -0.1) is 0 Å². The third-order valence-electron chi connectivity index (χ3n) is 2.24. The van der Waals surface area contributed by atoms with Gasteiger partial charge in [-0.25, -0.2) is 4.98 Å². The monoisotopic (exact) mass is 271 g/mol. The van der Waals surface area contributed by atoms with Crippen molar-refractivity contribution in [1.29, 1.82) is 0 Å². The molecule has 1 aromatic heterocycles. The fourth-order valence-corrected chi connectivity index (χ4v) is 1.58. The molecule has 1 rings (SSSR count). The lowest BCUT2D eigenvalue weighted by molar-refractivity contribution is -0.127. The van der Waals surface area contributed by atoms with Gasteiger partial charge in [-0.1, -0.05) is 6.92 Å². The van der Waals surface area contributed by atoms with Crippen LogP contribution in [0.3, 0.4) is 0 Å². The number of hydrogen-bond acceptors (Lipinski definition) is 5. The van der Waals surface area contributed by atoms with E-state index in [-0.39, 0.29) is 24.1 Å². The number of rotatable bonds is 6. The largest absolute Gasteiger partial charge is 0.444 e. The van der Waals surface area contributed by atoms with Gasteiger partial charge in [0.1, 0.15) is 11.8 Å². The Morgan fingerprint density at radius 1 is 1.56 bits per heavy atom.